The second-order valence-corrected chi connectivity index (χ2v) is 6.16. The molecule has 2 rings (SSSR count). The van der Waals surface area contributed by atoms with Gasteiger partial charge in [0.2, 0.25) is 0 Å². The molecule has 2 aliphatic heterocycles. The molecule has 2 atom stereocenters. The van der Waals surface area contributed by atoms with Gasteiger partial charge in [-0.3, -0.25) is 4.72 Å². The Bertz CT molecular complexity index is 168. The van der Waals surface area contributed by atoms with Crippen LogP contribution in [0.5, 0.6) is 0 Å². The van der Waals surface area contributed by atoms with Crippen molar-refractivity contribution in [1.29, 1.82) is 0 Å². The SMILES string of the molecule is C[SH]1NC(C2CCOCC2)CN1Cl. The van der Waals surface area contributed by atoms with Gasteiger partial charge in [0, 0.05) is 25.8 Å². The Morgan fingerprint density at radius 1 is 1.46 bits per heavy atom. The van der Waals surface area contributed by atoms with Gasteiger partial charge in [0.1, 0.15) is 0 Å². The monoisotopic (exact) mass is 224 g/mol. The standard InChI is InChI=1S/C8H17ClN2OS/c1-13-10-8(6-11(13)9)7-2-4-12-5-3-7/h7-8,10,13H,2-6H2,1H3. The fourth-order valence-corrected chi connectivity index (χ4v) is 3.60. The molecule has 1 N–H and O–H groups in total. The van der Waals surface area contributed by atoms with Crippen LogP contribution in [0.4, 0.5) is 0 Å². The summed E-state index contributed by atoms with van der Waals surface area (Å²) in [4.78, 5) is 0. The highest BCUT2D eigenvalue weighted by Crippen LogP contribution is 2.35. The van der Waals surface area contributed by atoms with Crippen LogP contribution in [0, 0.1) is 5.92 Å². The predicted molar refractivity (Wildman–Crippen MR) is 57.9 cm³/mol. The quantitative estimate of drug-likeness (QED) is 0.519. The van der Waals surface area contributed by atoms with Crippen LogP contribution >= 0.6 is 23.0 Å². The summed E-state index contributed by atoms with van der Waals surface area (Å²) in [7, 11) is 0. The molecule has 0 radical (unpaired) electrons. The van der Waals surface area contributed by atoms with E-state index in [9.17, 15) is 0 Å². The Morgan fingerprint density at radius 3 is 2.69 bits per heavy atom. The minimum absolute atomic E-state index is 0.282. The van der Waals surface area contributed by atoms with Crippen molar-refractivity contribution in [2.24, 2.45) is 5.92 Å². The molecule has 0 saturated carbocycles. The Labute approximate surface area is 87.5 Å². The summed E-state index contributed by atoms with van der Waals surface area (Å²) < 4.78 is 10.8. The summed E-state index contributed by atoms with van der Waals surface area (Å²) in [6, 6.07) is 0.595. The topological polar surface area (TPSA) is 24.5 Å². The Hall–Kier alpha value is 0.520. The van der Waals surface area contributed by atoms with Crippen molar-refractivity contribution >= 4 is 23.0 Å². The zero-order valence-electron chi connectivity index (χ0n) is 7.87. The van der Waals surface area contributed by atoms with Crippen LogP contribution in [0.15, 0.2) is 0 Å². The van der Waals surface area contributed by atoms with Crippen molar-refractivity contribution < 1.29 is 4.74 Å². The average molecular weight is 225 g/mol. The third kappa shape index (κ3) is 2.30. The maximum Gasteiger partial charge on any atom is 0.0469 e. The first-order valence-electron chi connectivity index (χ1n) is 4.78. The number of hydrogen-bond acceptors (Lipinski definition) is 3. The van der Waals surface area contributed by atoms with Crippen molar-refractivity contribution in [3.05, 3.63) is 0 Å². The molecule has 0 spiro atoms. The molecule has 2 heterocycles. The maximum absolute atomic E-state index is 6.05. The molecule has 3 nitrogen and oxygen atoms in total. The third-order valence-electron chi connectivity index (χ3n) is 2.86. The Balaban J connectivity index is 1.87. The van der Waals surface area contributed by atoms with Gasteiger partial charge in [-0.1, -0.05) is 0 Å². The first-order chi connectivity index (χ1) is 6.27. The summed E-state index contributed by atoms with van der Waals surface area (Å²) in [5.41, 5.74) is 0. The van der Waals surface area contributed by atoms with Crippen LogP contribution in [0.1, 0.15) is 12.8 Å². The second-order valence-electron chi connectivity index (χ2n) is 3.73. The number of ether oxygens (including phenoxy) is 1. The van der Waals surface area contributed by atoms with Crippen molar-refractivity contribution in [2.75, 3.05) is 26.0 Å². The Kier molecular flexibility index (Phi) is 3.37. The van der Waals surface area contributed by atoms with Gasteiger partial charge in [0.15, 0.2) is 0 Å². The lowest BCUT2D eigenvalue weighted by Gasteiger charge is -2.27. The van der Waals surface area contributed by atoms with Crippen molar-refractivity contribution in [2.45, 2.75) is 18.9 Å². The summed E-state index contributed by atoms with van der Waals surface area (Å²) in [6.45, 7) is 2.84. The summed E-state index contributed by atoms with van der Waals surface area (Å²) >= 11 is 5.76. The molecule has 0 aliphatic carbocycles. The summed E-state index contributed by atoms with van der Waals surface area (Å²) in [5.74, 6) is 0.766. The van der Waals surface area contributed by atoms with Gasteiger partial charge in [-0.25, -0.2) is 0 Å². The van der Waals surface area contributed by atoms with Gasteiger partial charge in [-0.2, -0.15) is 3.82 Å². The van der Waals surface area contributed by atoms with E-state index in [4.69, 9.17) is 16.5 Å². The minimum Gasteiger partial charge on any atom is -0.381 e. The van der Waals surface area contributed by atoms with E-state index in [1.165, 1.54) is 12.8 Å². The predicted octanol–water partition coefficient (Wildman–Crippen LogP) is 1.30. The fraction of sp³-hybridized carbons (Fsp3) is 1.00. The van der Waals surface area contributed by atoms with Gasteiger partial charge in [0.25, 0.3) is 0 Å². The highest BCUT2D eigenvalue weighted by atomic mass is 35.5. The number of hydrogen-bond donors (Lipinski definition) is 2. The van der Waals surface area contributed by atoms with Crippen molar-refractivity contribution in [3.8, 4) is 0 Å². The average Bonchev–Trinajstić information content (AvgIpc) is 2.49. The number of halogens is 1. The molecule has 0 aromatic carbocycles. The molecular formula is C8H17ClN2OS. The van der Waals surface area contributed by atoms with E-state index in [1.807, 2.05) is 3.82 Å². The van der Waals surface area contributed by atoms with E-state index in [-0.39, 0.29) is 11.3 Å². The molecule has 0 bridgehead atoms. The van der Waals surface area contributed by atoms with Crippen LogP contribution in [-0.4, -0.2) is 35.9 Å². The van der Waals surface area contributed by atoms with Crippen LogP contribution in [-0.2, 0) is 4.74 Å². The van der Waals surface area contributed by atoms with E-state index in [0.717, 1.165) is 25.7 Å². The molecule has 0 amide bonds. The number of nitrogens with one attached hydrogen (secondary N) is 1. The van der Waals surface area contributed by atoms with E-state index in [0.29, 0.717) is 6.04 Å². The molecule has 0 aromatic rings. The molecular weight excluding hydrogens is 208 g/mol. The summed E-state index contributed by atoms with van der Waals surface area (Å²) in [5, 5.41) is 0. The van der Waals surface area contributed by atoms with Crippen LogP contribution in [0.25, 0.3) is 0 Å². The minimum atomic E-state index is -0.282. The van der Waals surface area contributed by atoms with E-state index in [2.05, 4.69) is 11.0 Å². The maximum atomic E-state index is 6.05. The lowest BCUT2D eigenvalue weighted by Crippen LogP contribution is -2.35. The molecule has 2 unspecified atom stereocenters. The molecule has 5 heteroatoms. The first kappa shape index (κ1) is 10.1. The lowest BCUT2D eigenvalue weighted by atomic mass is 9.92. The van der Waals surface area contributed by atoms with E-state index < -0.39 is 0 Å². The highest BCUT2D eigenvalue weighted by molar-refractivity contribution is 8.13. The number of nitrogens with zero attached hydrogens (tertiary/aromatic N) is 1. The zero-order chi connectivity index (χ0) is 9.26. The molecule has 78 valence electrons. The highest BCUT2D eigenvalue weighted by Gasteiger charge is 2.32. The van der Waals surface area contributed by atoms with Gasteiger partial charge in [-0.05, 0) is 36.8 Å². The van der Waals surface area contributed by atoms with Crippen molar-refractivity contribution in [1.82, 2.24) is 8.55 Å². The first-order valence-corrected chi connectivity index (χ1v) is 6.86. The van der Waals surface area contributed by atoms with Crippen LogP contribution in [0.2, 0.25) is 0 Å². The molecule has 13 heavy (non-hydrogen) atoms. The third-order valence-corrected chi connectivity index (χ3v) is 5.20. The smallest absolute Gasteiger partial charge is 0.0469 e. The Morgan fingerprint density at radius 2 is 2.15 bits per heavy atom. The summed E-state index contributed by atoms with van der Waals surface area (Å²) in [6.07, 6.45) is 4.54. The van der Waals surface area contributed by atoms with Gasteiger partial charge in [-0.15, -0.1) is 11.3 Å². The van der Waals surface area contributed by atoms with E-state index in [1.54, 1.807) is 0 Å². The van der Waals surface area contributed by atoms with Gasteiger partial charge < -0.3 is 4.74 Å². The molecule has 2 aliphatic rings. The fourth-order valence-electron chi connectivity index (χ4n) is 2.00. The van der Waals surface area contributed by atoms with Crippen LogP contribution in [0.3, 0.4) is 0 Å². The van der Waals surface area contributed by atoms with Crippen molar-refractivity contribution in [3.63, 3.8) is 0 Å². The van der Waals surface area contributed by atoms with Crippen LogP contribution < -0.4 is 4.72 Å². The van der Waals surface area contributed by atoms with Gasteiger partial charge >= 0.3 is 0 Å². The number of thiol groups is 1. The van der Waals surface area contributed by atoms with E-state index >= 15 is 0 Å². The largest absolute Gasteiger partial charge is 0.381 e. The second kappa shape index (κ2) is 4.36. The molecule has 2 saturated heterocycles. The normalized spacial score (nSPS) is 41.1. The lowest BCUT2D eigenvalue weighted by molar-refractivity contribution is 0.0576. The van der Waals surface area contributed by atoms with Gasteiger partial charge in [0.05, 0.1) is 0 Å². The number of rotatable bonds is 1. The zero-order valence-corrected chi connectivity index (χ0v) is 9.52. The molecule has 2 fully saturated rings. The molecule has 0 aromatic heterocycles.